The Bertz CT molecular complexity index is 483. The second kappa shape index (κ2) is 8.49. The maximum Gasteiger partial charge on any atom is 0.275 e. The largest absolute Gasteiger partial charge is 0.340 e. The van der Waals surface area contributed by atoms with E-state index in [1.807, 2.05) is 0 Å². The van der Waals surface area contributed by atoms with Crippen molar-refractivity contribution in [2.24, 2.45) is 5.92 Å². The van der Waals surface area contributed by atoms with E-state index in [0.29, 0.717) is 24.9 Å². The molecule has 0 radical (unpaired) electrons. The van der Waals surface area contributed by atoms with Gasteiger partial charge in [-0.05, 0) is 11.5 Å². The molecule has 0 aliphatic rings. The molecule has 3 nitrogen and oxygen atoms in total. The van der Waals surface area contributed by atoms with Crippen LogP contribution in [-0.2, 0) is 4.79 Å². The summed E-state index contributed by atoms with van der Waals surface area (Å²) in [7, 11) is 0. The minimum atomic E-state index is -0.0163. The Morgan fingerprint density at radius 3 is 2.24 bits per heavy atom. The lowest BCUT2D eigenvalue weighted by Crippen LogP contribution is -2.88. The molecule has 114 valence electrons. The van der Waals surface area contributed by atoms with Gasteiger partial charge in [-0.1, -0.05) is 57.9 Å². The van der Waals surface area contributed by atoms with Crippen molar-refractivity contribution < 1.29 is 10.1 Å². The van der Waals surface area contributed by atoms with Crippen molar-refractivity contribution in [3.8, 4) is 12.3 Å². The van der Waals surface area contributed by atoms with Crippen LogP contribution >= 0.6 is 0 Å². The Kier molecular flexibility index (Phi) is 6.98. The zero-order chi connectivity index (χ0) is 15.8. The van der Waals surface area contributed by atoms with E-state index in [0.717, 1.165) is 0 Å². The lowest BCUT2D eigenvalue weighted by Gasteiger charge is -2.20. The minimum Gasteiger partial charge on any atom is -0.340 e. The summed E-state index contributed by atoms with van der Waals surface area (Å²) in [4.78, 5) is 11.7. The zero-order valence-corrected chi connectivity index (χ0v) is 13.5. The van der Waals surface area contributed by atoms with Crippen molar-refractivity contribution in [2.45, 2.75) is 39.7 Å². The summed E-state index contributed by atoms with van der Waals surface area (Å²) in [6.45, 7) is 9.43. The number of carbonyl (C=O) groups is 1. The average Bonchev–Trinajstić information content (AvgIpc) is 2.45. The molecule has 0 aliphatic carbocycles. The van der Waals surface area contributed by atoms with E-state index in [-0.39, 0.29) is 11.9 Å². The van der Waals surface area contributed by atoms with Crippen molar-refractivity contribution in [3.05, 3.63) is 35.4 Å². The first-order chi connectivity index (χ1) is 9.95. The third-order valence-corrected chi connectivity index (χ3v) is 3.65. The standard InChI is InChI=1S/C18H26N2O/c1-6-11-19-17(21)12-20-18(14(4)5)16-9-7-15(8-10-16)13(2)3/h1,7-10,13-14,18,20H,11-12H2,2-5H3,(H,19,21)/p+1/t18-/m1/s1. The van der Waals surface area contributed by atoms with Crippen LogP contribution in [0.3, 0.4) is 0 Å². The van der Waals surface area contributed by atoms with Crippen LogP contribution in [0.15, 0.2) is 24.3 Å². The Labute approximate surface area is 128 Å². The number of benzene rings is 1. The SMILES string of the molecule is C#CCNC(=O)C[NH2+][C@@H](c1ccc(C(C)C)cc1)C(C)C. The van der Waals surface area contributed by atoms with Crippen molar-refractivity contribution >= 4 is 5.91 Å². The van der Waals surface area contributed by atoms with Crippen LogP contribution in [0.2, 0.25) is 0 Å². The molecule has 0 saturated heterocycles. The third-order valence-electron chi connectivity index (χ3n) is 3.65. The summed E-state index contributed by atoms with van der Waals surface area (Å²) in [5.74, 6) is 3.39. The summed E-state index contributed by atoms with van der Waals surface area (Å²) in [5, 5.41) is 4.78. The molecule has 1 atom stereocenters. The van der Waals surface area contributed by atoms with Crippen LogP contribution in [0.1, 0.15) is 50.8 Å². The van der Waals surface area contributed by atoms with Crippen LogP contribution in [-0.4, -0.2) is 19.0 Å². The zero-order valence-electron chi connectivity index (χ0n) is 13.5. The van der Waals surface area contributed by atoms with Gasteiger partial charge < -0.3 is 10.6 Å². The molecule has 0 spiro atoms. The predicted molar refractivity (Wildman–Crippen MR) is 86.7 cm³/mol. The summed E-state index contributed by atoms with van der Waals surface area (Å²) < 4.78 is 0. The fourth-order valence-corrected chi connectivity index (χ4v) is 2.35. The minimum absolute atomic E-state index is 0.0163. The Morgan fingerprint density at radius 1 is 1.19 bits per heavy atom. The third kappa shape index (κ3) is 5.61. The van der Waals surface area contributed by atoms with Crippen LogP contribution in [0.4, 0.5) is 0 Å². The molecule has 1 aromatic rings. The van der Waals surface area contributed by atoms with E-state index in [1.165, 1.54) is 11.1 Å². The van der Waals surface area contributed by atoms with E-state index >= 15 is 0 Å². The Hall–Kier alpha value is -1.79. The monoisotopic (exact) mass is 287 g/mol. The molecule has 0 fully saturated rings. The van der Waals surface area contributed by atoms with Gasteiger partial charge in [0, 0.05) is 11.5 Å². The number of hydrogen-bond acceptors (Lipinski definition) is 1. The number of nitrogens with two attached hydrogens (primary N) is 1. The highest BCUT2D eigenvalue weighted by Gasteiger charge is 2.20. The predicted octanol–water partition coefficient (Wildman–Crippen LogP) is 1.82. The first-order valence-corrected chi connectivity index (χ1v) is 7.59. The van der Waals surface area contributed by atoms with Gasteiger partial charge in [0.15, 0.2) is 6.54 Å². The highest BCUT2D eigenvalue weighted by atomic mass is 16.1. The first kappa shape index (κ1) is 17.3. The fraction of sp³-hybridized carbons (Fsp3) is 0.500. The molecular weight excluding hydrogens is 260 g/mol. The maximum absolute atomic E-state index is 11.7. The van der Waals surface area contributed by atoms with Gasteiger partial charge in [-0.2, -0.15) is 0 Å². The molecule has 0 heterocycles. The van der Waals surface area contributed by atoms with Crippen molar-refractivity contribution in [2.75, 3.05) is 13.1 Å². The van der Waals surface area contributed by atoms with Gasteiger partial charge in [-0.3, -0.25) is 4.79 Å². The van der Waals surface area contributed by atoms with Crippen LogP contribution < -0.4 is 10.6 Å². The molecule has 0 aliphatic heterocycles. The van der Waals surface area contributed by atoms with Crippen LogP contribution in [0.25, 0.3) is 0 Å². The van der Waals surface area contributed by atoms with Gasteiger partial charge >= 0.3 is 0 Å². The van der Waals surface area contributed by atoms with E-state index in [4.69, 9.17) is 6.42 Å². The highest BCUT2D eigenvalue weighted by molar-refractivity contribution is 5.76. The van der Waals surface area contributed by atoms with E-state index < -0.39 is 0 Å². The summed E-state index contributed by atoms with van der Waals surface area (Å²) in [6, 6.07) is 9.00. The van der Waals surface area contributed by atoms with E-state index in [1.54, 1.807) is 0 Å². The number of nitrogens with one attached hydrogen (secondary N) is 1. The van der Waals surface area contributed by atoms with Crippen molar-refractivity contribution in [1.29, 1.82) is 0 Å². The van der Waals surface area contributed by atoms with Crippen LogP contribution in [0, 0.1) is 18.3 Å². The molecule has 21 heavy (non-hydrogen) atoms. The second-order valence-electron chi connectivity index (χ2n) is 6.01. The highest BCUT2D eigenvalue weighted by Crippen LogP contribution is 2.21. The Morgan fingerprint density at radius 2 is 1.76 bits per heavy atom. The summed E-state index contributed by atoms with van der Waals surface area (Å²) in [6.07, 6.45) is 5.14. The lowest BCUT2D eigenvalue weighted by molar-refractivity contribution is -0.692. The maximum atomic E-state index is 11.7. The molecule has 0 aromatic heterocycles. The van der Waals surface area contributed by atoms with Crippen molar-refractivity contribution in [1.82, 2.24) is 5.32 Å². The van der Waals surface area contributed by atoms with E-state index in [2.05, 4.69) is 68.5 Å². The molecule has 0 unspecified atom stereocenters. The topological polar surface area (TPSA) is 45.7 Å². The first-order valence-electron chi connectivity index (χ1n) is 7.59. The van der Waals surface area contributed by atoms with Gasteiger partial charge in [0.2, 0.25) is 0 Å². The number of carbonyl (C=O) groups excluding carboxylic acids is 1. The quantitative estimate of drug-likeness (QED) is 0.738. The van der Waals surface area contributed by atoms with Gasteiger partial charge in [0.1, 0.15) is 6.04 Å². The molecule has 1 rings (SSSR count). The van der Waals surface area contributed by atoms with E-state index in [9.17, 15) is 4.79 Å². The molecule has 3 heteroatoms. The Balaban J connectivity index is 2.69. The lowest BCUT2D eigenvalue weighted by atomic mass is 9.93. The molecule has 1 amide bonds. The number of quaternary nitrogens is 1. The average molecular weight is 287 g/mol. The fourth-order valence-electron chi connectivity index (χ4n) is 2.35. The van der Waals surface area contributed by atoms with Gasteiger partial charge in [0.25, 0.3) is 5.91 Å². The molecule has 0 bridgehead atoms. The molecule has 3 N–H and O–H groups in total. The smallest absolute Gasteiger partial charge is 0.275 e. The van der Waals surface area contributed by atoms with Crippen molar-refractivity contribution in [3.63, 3.8) is 0 Å². The molecule has 1 aromatic carbocycles. The van der Waals surface area contributed by atoms with Crippen LogP contribution in [0.5, 0.6) is 0 Å². The summed E-state index contributed by atoms with van der Waals surface area (Å²) in [5.41, 5.74) is 2.60. The summed E-state index contributed by atoms with van der Waals surface area (Å²) >= 11 is 0. The number of terminal acetylenes is 1. The molecular formula is C18H27N2O+. The molecule has 0 saturated carbocycles. The van der Waals surface area contributed by atoms with Gasteiger partial charge in [0.05, 0.1) is 6.54 Å². The van der Waals surface area contributed by atoms with Gasteiger partial charge in [-0.25, -0.2) is 0 Å². The number of hydrogen-bond donors (Lipinski definition) is 2. The number of amides is 1. The normalized spacial score (nSPS) is 12.2. The second-order valence-corrected chi connectivity index (χ2v) is 6.01. The number of rotatable bonds is 7. The van der Waals surface area contributed by atoms with Gasteiger partial charge in [-0.15, -0.1) is 6.42 Å².